The number of ether oxygens (including phenoxy) is 3. The van der Waals surface area contributed by atoms with Crippen LogP contribution in [0, 0.1) is 0 Å². The van der Waals surface area contributed by atoms with Crippen molar-refractivity contribution in [3.05, 3.63) is 134 Å². The van der Waals surface area contributed by atoms with Crippen molar-refractivity contribution in [2.75, 3.05) is 13.2 Å². The fraction of sp³-hybridized carbons (Fsp3) is 0.662. The van der Waals surface area contributed by atoms with Gasteiger partial charge < -0.3 is 14.2 Å². The molecule has 0 spiro atoms. The molecule has 0 fully saturated rings. The monoisotopic (exact) mass is 1110 g/mol. The van der Waals surface area contributed by atoms with Crippen LogP contribution in [0.15, 0.2) is 134 Å². The van der Waals surface area contributed by atoms with Gasteiger partial charge in [-0.05, 0) is 122 Å². The van der Waals surface area contributed by atoms with E-state index in [0.29, 0.717) is 19.3 Å². The van der Waals surface area contributed by atoms with Crippen LogP contribution < -0.4 is 0 Å². The molecule has 0 heterocycles. The molecule has 0 aromatic heterocycles. The Labute approximate surface area is 494 Å². The van der Waals surface area contributed by atoms with Gasteiger partial charge in [-0.25, -0.2) is 0 Å². The lowest BCUT2D eigenvalue weighted by atomic mass is 10.1. The third kappa shape index (κ3) is 64.4. The molecule has 0 aromatic carbocycles. The summed E-state index contributed by atoms with van der Waals surface area (Å²) >= 11 is 0. The SMILES string of the molecule is CC/C=C\C/C=C\C/C=C\C/C=C\C/C=C\C/C=C\C/C=C\C/C=C\C/C=C\CCCCCCCC(=O)OCC(COC(=O)CCCCCCCCCCCCC)OC(=O)CCCCCCCCC/C=C\C/C=C\CCCCCC. The first-order valence-corrected chi connectivity index (χ1v) is 33.2. The van der Waals surface area contributed by atoms with E-state index in [1.54, 1.807) is 0 Å². The van der Waals surface area contributed by atoms with Crippen molar-refractivity contribution in [2.24, 2.45) is 0 Å². The first-order chi connectivity index (χ1) is 39.5. The molecule has 454 valence electrons. The molecule has 1 unspecified atom stereocenters. The van der Waals surface area contributed by atoms with Crippen LogP contribution in [0.5, 0.6) is 0 Å². The summed E-state index contributed by atoms with van der Waals surface area (Å²) in [5, 5.41) is 0. The van der Waals surface area contributed by atoms with E-state index in [1.807, 2.05) is 0 Å². The lowest BCUT2D eigenvalue weighted by Crippen LogP contribution is -2.30. The van der Waals surface area contributed by atoms with Crippen molar-refractivity contribution < 1.29 is 28.6 Å². The molecule has 0 saturated heterocycles. The van der Waals surface area contributed by atoms with Crippen LogP contribution in [0.2, 0.25) is 0 Å². The highest BCUT2D eigenvalue weighted by Gasteiger charge is 2.19. The first-order valence-electron chi connectivity index (χ1n) is 33.2. The van der Waals surface area contributed by atoms with Crippen LogP contribution in [-0.4, -0.2) is 37.2 Å². The van der Waals surface area contributed by atoms with Gasteiger partial charge in [-0.3, -0.25) is 14.4 Å². The van der Waals surface area contributed by atoms with Crippen molar-refractivity contribution in [1.82, 2.24) is 0 Å². The average Bonchev–Trinajstić information content (AvgIpc) is 3.46. The lowest BCUT2D eigenvalue weighted by molar-refractivity contribution is -0.167. The fourth-order valence-corrected chi connectivity index (χ4v) is 8.94. The number of carbonyl (C=O) groups excluding carboxylic acids is 3. The zero-order valence-corrected chi connectivity index (χ0v) is 52.0. The van der Waals surface area contributed by atoms with Gasteiger partial charge >= 0.3 is 17.9 Å². The molecule has 0 saturated carbocycles. The summed E-state index contributed by atoms with van der Waals surface area (Å²) in [6, 6.07) is 0. The van der Waals surface area contributed by atoms with Crippen LogP contribution in [-0.2, 0) is 28.6 Å². The van der Waals surface area contributed by atoms with E-state index in [9.17, 15) is 14.4 Å². The van der Waals surface area contributed by atoms with E-state index in [4.69, 9.17) is 14.2 Å². The van der Waals surface area contributed by atoms with E-state index in [2.05, 4.69) is 154 Å². The summed E-state index contributed by atoms with van der Waals surface area (Å²) in [6.07, 6.45) is 94.6. The van der Waals surface area contributed by atoms with Crippen LogP contribution in [0.1, 0.15) is 297 Å². The third-order valence-corrected chi connectivity index (χ3v) is 13.9. The maximum Gasteiger partial charge on any atom is 0.306 e. The fourth-order valence-electron chi connectivity index (χ4n) is 8.94. The Kier molecular flexibility index (Phi) is 63.3. The quantitative estimate of drug-likeness (QED) is 0.0261. The highest BCUT2D eigenvalue weighted by atomic mass is 16.6. The van der Waals surface area contributed by atoms with Gasteiger partial charge in [0.1, 0.15) is 13.2 Å². The number of rotatable bonds is 59. The molecule has 0 N–H and O–H groups in total. The highest BCUT2D eigenvalue weighted by Crippen LogP contribution is 2.15. The maximum absolute atomic E-state index is 12.9. The third-order valence-electron chi connectivity index (χ3n) is 13.9. The van der Waals surface area contributed by atoms with E-state index in [-0.39, 0.29) is 31.1 Å². The Hall–Kier alpha value is -4.45. The Morgan fingerprint density at radius 1 is 0.263 bits per heavy atom. The number of hydrogen-bond acceptors (Lipinski definition) is 6. The smallest absolute Gasteiger partial charge is 0.306 e. The number of esters is 3. The predicted molar refractivity (Wildman–Crippen MR) is 348 cm³/mol. The van der Waals surface area contributed by atoms with Gasteiger partial charge in [-0.1, -0.05) is 289 Å². The summed E-state index contributed by atoms with van der Waals surface area (Å²) in [5.41, 5.74) is 0. The number of unbranched alkanes of at least 4 members (excludes halogenated alkanes) is 26. The molecule has 80 heavy (non-hydrogen) atoms. The van der Waals surface area contributed by atoms with Gasteiger partial charge in [0.25, 0.3) is 0 Å². The van der Waals surface area contributed by atoms with Gasteiger partial charge in [0, 0.05) is 19.3 Å². The highest BCUT2D eigenvalue weighted by molar-refractivity contribution is 5.71. The van der Waals surface area contributed by atoms with Crippen molar-refractivity contribution in [3.63, 3.8) is 0 Å². The molecule has 0 bridgehead atoms. The van der Waals surface area contributed by atoms with Gasteiger partial charge in [-0.2, -0.15) is 0 Å². The maximum atomic E-state index is 12.9. The van der Waals surface area contributed by atoms with Gasteiger partial charge in [0.2, 0.25) is 0 Å². The normalized spacial score (nSPS) is 13.0. The van der Waals surface area contributed by atoms with Crippen LogP contribution >= 0.6 is 0 Å². The topological polar surface area (TPSA) is 78.9 Å². The van der Waals surface area contributed by atoms with E-state index >= 15 is 0 Å². The molecular weight excluding hydrogens is 985 g/mol. The minimum atomic E-state index is -0.793. The second kappa shape index (κ2) is 67.1. The molecule has 0 aliphatic heterocycles. The second-order valence-corrected chi connectivity index (χ2v) is 21.6. The summed E-state index contributed by atoms with van der Waals surface area (Å²) in [5.74, 6) is -0.913. The molecule has 0 amide bonds. The first kappa shape index (κ1) is 75.5. The second-order valence-electron chi connectivity index (χ2n) is 21.6. The largest absolute Gasteiger partial charge is 0.462 e. The molecule has 0 aliphatic carbocycles. The molecule has 0 aromatic rings. The van der Waals surface area contributed by atoms with Crippen molar-refractivity contribution in [2.45, 2.75) is 303 Å². The summed E-state index contributed by atoms with van der Waals surface area (Å²) < 4.78 is 16.9. The van der Waals surface area contributed by atoms with Crippen LogP contribution in [0.3, 0.4) is 0 Å². The van der Waals surface area contributed by atoms with E-state index in [1.165, 1.54) is 109 Å². The van der Waals surface area contributed by atoms with Crippen LogP contribution in [0.4, 0.5) is 0 Å². The summed E-state index contributed by atoms with van der Waals surface area (Å²) in [7, 11) is 0. The predicted octanol–water partition coefficient (Wildman–Crippen LogP) is 22.9. The zero-order chi connectivity index (χ0) is 57.8. The molecule has 1 atom stereocenters. The number of hydrogen-bond donors (Lipinski definition) is 0. The van der Waals surface area contributed by atoms with E-state index in [0.717, 1.165) is 148 Å². The Balaban J connectivity index is 4.31. The van der Waals surface area contributed by atoms with Crippen LogP contribution in [0.25, 0.3) is 0 Å². The average molecular weight is 1110 g/mol. The molecule has 6 nitrogen and oxygen atoms in total. The standard InChI is InChI=1S/C74H122O6/c1-4-7-10-13-16-19-22-24-26-28-30-31-32-33-34-35-36-37-38-39-40-41-42-43-44-46-47-49-52-55-58-61-64-67-73(76)79-70-71(69-78-72(75)66-63-60-57-54-51-21-18-15-12-9-6-3)80-74(77)68-65-62-59-56-53-50-48-45-29-27-25-23-20-17-14-11-8-5-2/h7,10,16,19-20,23-24,26-27,29-31,33-34,36-37,39-40,42-43,46-47,71H,4-6,8-9,11-15,17-18,21-22,25,28,32,35,38,41,44-45,48-70H2,1-3H3/b10-7-,19-16-,23-20-,26-24-,29-27-,31-30-,34-33-,37-36-,40-39-,43-42-,47-46-. The molecule has 6 heteroatoms. The summed E-state index contributed by atoms with van der Waals surface area (Å²) in [4.78, 5) is 38.3. The number of allylic oxidation sites excluding steroid dienone is 22. The molecular formula is C74H122O6. The lowest BCUT2D eigenvalue weighted by Gasteiger charge is -2.18. The molecule has 0 rings (SSSR count). The zero-order valence-electron chi connectivity index (χ0n) is 52.0. The summed E-state index contributed by atoms with van der Waals surface area (Å²) in [6.45, 7) is 6.49. The van der Waals surface area contributed by atoms with Gasteiger partial charge in [0.05, 0.1) is 0 Å². The minimum Gasteiger partial charge on any atom is -0.462 e. The molecule has 0 radical (unpaired) electrons. The van der Waals surface area contributed by atoms with Crippen molar-refractivity contribution >= 4 is 17.9 Å². The van der Waals surface area contributed by atoms with Crippen molar-refractivity contribution in [1.29, 1.82) is 0 Å². The minimum absolute atomic E-state index is 0.0880. The van der Waals surface area contributed by atoms with Gasteiger partial charge in [-0.15, -0.1) is 0 Å². The Bertz CT molecular complexity index is 1700. The molecule has 0 aliphatic rings. The van der Waals surface area contributed by atoms with E-state index < -0.39 is 6.10 Å². The van der Waals surface area contributed by atoms with Crippen molar-refractivity contribution in [3.8, 4) is 0 Å². The van der Waals surface area contributed by atoms with Gasteiger partial charge in [0.15, 0.2) is 6.10 Å². The number of carbonyl (C=O) groups is 3. The Morgan fingerprint density at radius 2 is 0.487 bits per heavy atom. The Morgan fingerprint density at radius 3 is 0.775 bits per heavy atom.